The van der Waals surface area contributed by atoms with Crippen molar-refractivity contribution in [2.75, 3.05) is 0 Å². The first kappa shape index (κ1) is 11.5. The Labute approximate surface area is 95.8 Å². The lowest BCUT2D eigenvalue weighted by Crippen LogP contribution is -2.19. The van der Waals surface area contributed by atoms with Crippen molar-refractivity contribution in [1.82, 2.24) is 0 Å². The lowest BCUT2D eigenvalue weighted by atomic mass is 9.80. The monoisotopic (exact) mass is 208 g/mol. The van der Waals surface area contributed by atoms with Gasteiger partial charge in [0.1, 0.15) is 0 Å². The Morgan fingerprint density at radius 3 is 2.07 bits per heavy atom. The summed E-state index contributed by atoms with van der Waals surface area (Å²) in [5.41, 5.74) is 0. The summed E-state index contributed by atoms with van der Waals surface area (Å²) >= 11 is 0. The van der Waals surface area contributed by atoms with Gasteiger partial charge in [-0.3, -0.25) is 0 Å². The fourth-order valence-corrected chi connectivity index (χ4v) is 5.10. The van der Waals surface area contributed by atoms with Crippen molar-refractivity contribution in [2.24, 2.45) is 41.4 Å². The lowest BCUT2D eigenvalue weighted by Gasteiger charge is -2.25. The maximum atomic E-state index is 2.53. The molecular formula is C15H28. The third-order valence-electron chi connectivity index (χ3n) is 6.08. The average molecular weight is 208 g/mol. The quantitative estimate of drug-likeness (QED) is 0.622. The fraction of sp³-hybridized carbons (Fsp3) is 1.00. The first-order valence-corrected chi connectivity index (χ1v) is 7.11. The van der Waals surface area contributed by atoms with Crippen LogP contribution in [0.15, 0.2) is 0 Å². The van der Waals surface area contributed by atoms with Gasteiger partial charge >= 0.3 is 0 Å². The Bertz CT molecular complexity index is 216. The van der Waals surface area contributed by atoms with Crippen LogP contribution < -0.4 is 0 Å². The molecule has 2 fully saturated rings. The molecule has 0 aliphatic heterocycles. The van der Waals surface area contributed by atoms with Gasteiger partial charge in [0, 0.05) is 0 Å². The molecule has 0 saturated heterocycles. The molecule has 0 aromatic heterocycles. The van der Waals surface area contributed by atoms with Crippen LogP contribution >= 0.6 is 0 Å². The molecule has 0 heteroatoms. The number of fused-ring (bicyclic) bond motifs is 1. The molecule has 0 aromatic carbocycles. The van der Waals surface area contributed by atoms with Gasteiger partial charge in [-0.2, -0.15) is 0 Å². The molecule has 0 N–H and O–H groups in total. The van der Waals surface area contributed by atoms with Crippen molar-refractivity contribution in [2.45, 2.75) is 53.9 Å². The van der Waals surface area contributed by atoms with Gasteiger partial charge in [-0.05, 0) is 47.8 Å². The summed E-state index contributed by atoms with van der Waals surface area (Å²) in [6.45, 7) is 12.3. The maximum Gasteiger partial charge on any atom is -0.0326 e. The highest BCUT2D eigenvalue weighted by atomic mass is 14.6. The Kier molecular flexibility index (Phi) is 3.14. The highest BCUT2D eigenvalue weighted by Gasteiger charge is 2.52. The van der Waals surface area contributed by atoms with Crippen LogP contribution in [0.5, 0.6) is 0 Å². The van der Waals surface area contributed by atoms with Crippen LogP contribution in [0.2, 0.25) is 0 Å². The van der Waals surface area contributed by atoms with Gasteiger partial charge in [-0.1, -0.05) is 47.5 Å². The SMILES string of the molecule is CCC1CC2C(CC)C(C)C(C)C2C1C. The van der Waals surface area contributed by atoms with E-state index in [4.69, 9.17) is 0 Å². The molecular weight excluding hydrogens is 180 g/mol. The van der Waals surface area contributed by atoms with E-state index < -0.39 is 0 Å². The molecule has 2 rings (SSSR count). The normalized spacial score (nSPS) is 54.6. The Morgan fingerprint density at radius 1 is 0.867 bits per heavy atom. The second-order valence-electron chi connectivity index (χ2n) is 6.29. The van der Waals surface area contributed by atoms with Gasteiger partial charge < -0.3 is 0 Å². The molecule has 88 valence electrons. The van der Waals surface area contributed by atoms with Crippen LogP contribution in [0.25, 0.3) is 0 Å². The second kappa shape index (κ2) is 4.11. The van der Waals surface area contributed by atoms with E-state index >= 15 is 0 Å². The number of hydrogen-bond acceptors (Lipinski definition) is 0. The summed E-state index contributed by atoms with van der Waals surface area (Å²) < 4.78 is 0. The van der Waals surface area contributed by atoms with Gasteiger partial charge in [-0.25, -0.2) is 0 Å². The van der Waals surface area contributed by atoms with Crippen LogP contribution in [0.4, 0.5) is 0 Å². The molecule has 0 radical (unpaired) electrons. The average Bonchev–Trinajstić information content (AvgIpc) is 2.66. The summed E-state index contributed by atoms with van der Waals surface area (Å²) in [5, 5.41) is 0. The molecule has 0 bridgehead atoms. The van der Waals surface area contributed by atoms with Gasteiger partial charge in [0.05, 0.1) is 0 Å². The van der Waals surface area contributed by atoms with E-state index in [1.54, 1.807) is 0 Å². The Balaban J connectivity index is 2.19. The van der Waals surface area contributed by atoms with Crippen molar-refractivity contribution < 1.29 is 0 Å². The van der Waals surface area contributed by atoms with Crippen molar-refractivity contribution in [3.63, 3.8) is 0 Å². The van der Waals surface area contributed by atoms with Crippen molar-refractivity contribution in [3.05, 3.63) is 0 Å². The Hall–Kier alpha value is 0. The topological polar surface area (TPSA) is 0 Å². The molecule has 0 heterocycles. The van der Waals surface area contributed by atoms with Crippen molar-refractivity contribution in [3.8, 4) is 0 Å². The predicted octanol–water partition coefficient (Wildman–Crippen LogP) is 4.60. The maximum absolute atomic E-state index is 2.53. The molecule has 2 saturated carbocycles. The highest BCUT2D eigenvalue weighted by molar-refractivity contribution is 5.01. The molecule has 7 unspecified atom stereocenters. The molecule has 0 nitrogen and oxygen atoms in total. The minimum Gasteiger partial charge on any atom is -0.0651 e. The van der Waals surface area contributed by atoms with E-state index in [1.165, 1.54) is 19.3 Å². The third-order valence-corrected chi connectivity index (χ3v) is 6.08. The summed E-state index contributed by atoms with van der Waals surface area (Å²) in [4.78, 5) is 0. The summed E-state index contributed by atoms with van der Waals surface area (Å²) in [5.74, 6) is 7.13. The van der Waals surface area contributed by atoms with E-state index in [1.807, 2.05) is 0 Å². The van der Waals surface area contributed by atoms with Crippen LogP contribution in [0.1, 0.15) is 53.9 Å². The Morgan fingerprint density at radius 2 is 1.53 bits per heavy atom. The zero-order valence-corrected chi connectivity index (χ0v) is 11.2. The minimum absolute atomic E-state index is 0.977. The van der Waals surface area contributed by atoms with Crippen molar-refractivity contribution >= 4 is 0 Å². The van der Waals surface area contributed by atoms with Gasteiger partial charge in [-0.15, -0.1) is 0 Å². The van der Waals surface area contributed by atoms with Crippen LogP contribution in [-0.2, 0) is 0 Å². The molecule has 0 aromatic rings. The van der Waals surface area contributed by atoms with E-state index in [9.17, 15) is 0 Å². The standard InChI is InChI=1S/C15H28/c1-6-12-8-14-13(7-2)9(3)10(4)15(14)11(12)5/h9-15H,6-8H2,1-5H3. The molecule has 0 spiro atoms. The third kappa shape index (κ3) is 1.56. The lowest BCUT2D eigenvalue weighted by molar-refractivity contribution is 0.236. The zero-order chi connectivity index (χ0) is 11.2. The van der Waals surface area contributed by atoms with Crippen LogP contribution in [0, 0.1) is 41.4 Å². The van der Waals surface area contributed by atoms with Crippen LogP contribution in [0.3, 0.4) is 0 Å². The first-order valence-electron chi connectivity index (χ1n) is 7.11. The molecule has 0 amide bonds. The van der Waals surface area contributed by atoms with E-state index in [2.05, 4.69) is 34.6 Å². The predicted molar refractivity (Wildman–Crippen MR) is 66.7 cm³/mol. The van der Waals surface area contributed by atoms with Gasteiger partial charge in [0.2, 0.25) is 0 Å². The minimum atomic E-state index is 0.977. The number of rotatable bonds is 2. The first-order chi connectivity index (χ1) is 7.11. The second-order valence-corrected chi connectivity index (χ2v) is 6.29. The fourth-order valence-electron chi connectivity index (χ4n) is 5.10. The van der Waals surface area contributed by atoms with Gasteiger partial charge in [0.15, 0.2) is 0 Å². The van der Waals surface area contributed by atoms with E-state index in [0.29, 0.717) is 0 Å². The highest BCUT2D eigenvalue weighted by Crippen LogP contribution is 2.59. The van der Waals surface area contributed by atoms with E-state index in [-0.39, 0.29) is 0 Å². The molecule has 2 aliphatic rings. The largest absolute Gasteiger partial charge is 0.0651 e. The smallest absolute Gasteiger partial charge is 0.0326 e. The van der Waals surface area contributed by atoms with Gasteiger partial charge in [0.25, 0.3) is 0 Å². The summed E-state index contributed by atoms with van der Waals surface area (Å²) in [6.07, 6.45) is 4.36. The molecule has 15 heavy (non-hydrogen) atoms. The summed E-state index contributed by atoms with van der Waals surface area (Å²) in [7, 11) is 0. The zero-order valence-electron chi connectivity index (χ0n) is 11.2. The molecule has 2 aliphatic carbocycles. The van der Waals surface area contributed by atoms with Crippen molar-refractivity contribution in [1.29, 1.82) is 0 Å². The van der Waals surface area contributed by atoms with Crippen LogP contribution in [-0.4, -0.2) is 0 Å². The summed E-state index contributed by atoms with van der Waals surface area (Å²) in [6, 6.07) is 0. The number of hydrogen-bond donors (Lipinski definition) is 0. The van der Waals surface area contributed by atoms with E-state index in [0.717, 1.165) is 41.4 Å². The molecule has 7 atom stereocenters.